The van der Waals surface area contributed by atoms with Gasteiger partial charge in [0.2, 0.25) is 0 Å². The van der Waals surface area contributed by atoms with Gasteiger partial charge in [-0.15, -0.1) is 11.3 Å². The zero-order chi connectivity index (χ0) is 19.6. The molecule has 5 heteroatoms. The lowest BCUT2D eigenvalue weighted by Crippen LogP contribution is -2.16. The molecule has 0 saturated heterocycles. The minimum Gasteiger partial charge on any atom is -0.489 e. The van der Waals surface area contributed by atoms with Crippen LogP contribution < -0.4 is 15.6 Å². The molecule has 0 amide bonds. The van der Waals surface area contributed by atoms with Gasteiger partial charge in [0, 0.05) is 28.4 Å². The second-order valence-electron chi connectivity index (χ2n) is 7.31. The minimum absolute atomic E-state index is 0.0882. The summed E-state index contributed by atoms with van der Waals surface area (Å²) in [7, 11) is 0. The fraction of sp³-hybridized carbons (Fsp3) is 0.208. The maximum Gasteiger partial charge on any atom is 0.258 e. The van der Waals surface area contributed by atoms with Crippen LogP contribution in [-0.4, -0.2) is 11.1 Å². The van der Waals surface area contributed by atoms with E-state index in [4.69, 9.17) is 4.74 Å². The molecule has 29 heavy (non-hydrogen) atoms. The molecule has 1 N–H and O–H groups in total. The Morgan fingerprint density at radius 1 is 1.07 bits per heavy atom. The molecular weight excluding hydrogens is 380 g/mol. The lowest BCUT2D eigenvalue weighted by Gasteiger charge is -2.09. The van der Waals surface area contributed by atoms with Gasteiger partial charge in [-0.1, -0.05) is 36.4 Å². The number of hydrogen-bond donors (Lipinski definition) is 1. The molecule has 0 bridgehead atoms. The summed E-state index contributed by atoms with van der Waals surface area (Å²) in [4.78, 5) is 14.2. The van der Waals surface area contributed by atoms with Crippen molar-refractivity contribution in [2.24, 2.45) is 0 Å². The van der Waals surface area contributed by atoms with E-state index in [0.717, 1.165) is 30.8 Å². The van der Waals surface area contributed by atoms with Crippen LogP contribution >= 0.6 is 11.3 Å². The molecule has 4 aromatic rings. The number of hydrogen-bond acceptors (Lipinski definition) is 4. The summed E-state index contributed by atoms with van der Waals surface area (Å²) >= 11 is 1.86. The molecule has 0 spiro atoms. The predicted octanol–water partition coefficient (Wildman–Crippen LogP) is 4.67. The second-order valence-corrected chi connectivity index (χ2v) is 8.45. The number of nitrogens with zero attached hydrogens (tertiary/aromatic N) is 1. The van der Waals surface area contributed by atoms with E-state index in [9.17, 15) is 4.79 Å². The molecule has 1 aliphatic heterocycles. The molecule has 0 aliphatic carbocycles. The van der Waals surface area contributed by atoms with Crippen molar-refractivity contribution in [2.75, 3.05) is 6.54 Å². The Hall–Kier alpha value is -2.89. The van der Waals surface area contributed by atoms with Crippen LogP contribution in [-0.2, 0) is 19.6 Å². The standard InChI is InChI=1S/C24H22N2O2S/c27-24-14-19(28-16-17-5-2-1-3-6-17)10-12-26(24)18-8-9-20-21-15-25-11-4-7-22(21)29-23(20)13-18/h1-3,5-6,8-10,12-14,25H,4,7,11,15-16H2. The van der Waals surface area contributed by atoms with Gasteiger partial charge in [0.1, 0.15) is 12.4 Å². The van der Waals surface area contributed by atoms with Gasteiger partial charge < -0.3 is 10.1 Å². The van der Waals surface area contributed by atoms with Crippen molar-refractivity contribution in [2.45, 2.75) is 26.0 Å². The first kappa shape index (κ1) is 18.2. The lowest BCUT2D eigenvalue weighted by atomic mass is 10.1. The smallest absolute Gasteiger partial charge is 0.258 e. The molecule has 0 saturated carbocycles. The molecule has 146 valence electrons. The summed E-state index contributed by atoms with van der Waals surface area (Å²) in [6, 6.07) is 19.7. The summed E-state index contributed by atoms with van der Waals surface area (Å²) in [5, 5.41) is 4.81. The minimum atomic E-state index is -0.0882. The predicted molar refractivity (Wildman–Crippen MR) is 118 cm³/mol. The summed E-state index contributed by atoms with van der Waals surface area (Å²) in [5.41, 5.74) is 3.30. The first-order valence-electron chi connectivity index (χ1n) is 9.93. The van der Waals surface area contributed by atoms with Crippen LogP contribution in [0, 0.1) is 0 Å². The van der Waals surface area contributed by atoms with Crippen LogP contribution in [0.4, 0.5) is 0 Å². The van der Waals surface area contributed by atoms with E-state index in [-0.39, 0.29) is 5.56 Å². The number of nitrogens with one attached hydrogen (secondary N) is 1. The number of benzene rings is 2. The van der Waals surface area contributed by atoms with Gasteiger partial charge in [-0.2, -0.15) is 0 Å². The monoisotopic (exact) mass is 402 g/mol. The average Bonchev–Trinajstić information content (AvgIpc) is 2.92. The lowest BCUT2D eigenvalue weighted by molar-refractivity contribution is 0.305. The third kappa shape index (κ3) is 3.71. The highest BCUT2D eigenvalue weighted by atomic mass is 32.1. The largest absolute Gasteiger partial charge is 0.489 e. The number of rotatable bonds is 4. The fourth-order valence-corrected chi connectivity index (χ4v) is 5.13. The van der Waals surface area contributed by atoms with Gasteiger partial charge >= 0.3 is 0 Å². The van der Waals surface area contributed by atoms with Gasteiger partial charge in [0.15, 0.2) is 0 Å². The fourth-order valence-electron chi connectivity index (χ4n) is 3.83. The molecule has 0 unspecified atom stereocenters. The van der Waals surface area contributed by atoms with Crippen molar-refractivity contribution in [3.8, 4) is 11.4 Å². The number of aryl methyl sites for hydroxylation is 1. The SMILES string of the molecule is O=c1cc(OCc2ccccc2)ccn1-c1ccc2c3c(sc2c1)CCCNC3. The van der Waals surface area contributed by atoms with Crippen LogP contribution in [0.25, 0.3) is 15.8 Å². The Bertz CT molecular complexity index is 1210. The highest BCUT2D eigenvalue weighted by molar-refractivity contribution is 7.19. The van der Waals surface area contributed by atoms with Gasteiger partial charge in [0.25, 0.3) is 5.56 Å². The Balaban J connectivity index is 1.41. The van der Waals surface area contributed by atoms with Crippen LogP contribution in [0.5, 0.6) is 5.75 Å². The Kier molecular flexibility index (Phi) is 4.92. The maximum absolute atomic E-state index is 12.7. The number of fused-ring (bicyclic) bond motifs is 3. The molecule has 3 heterocycles. The Labute approximate surface area is 173 Å². The van der Waals surface area contributed by atoms with E-state index >= 15 is 0 Å². The van der Waals surface area contributed by atoms with Crippen molar-refractivity contribution >= 4 is 21.4 Å². The number of ether oxygens (including phenoxy) is 1. The van der Waals surface area contributed by atoms with Crippen molar-refractivity contribution in [3.63, 3.8) is 0 Å². The summed E-state index contributed by atoms with van der Waals surface area (Å²) < 4.78 is 8.70. The normalized spacial score (nSPS) is 13.8. The van der Waals surface area contributed by atoms with E-state index in [2.05, 4.69) is 17.4 Å². The maximum atomic E-state index is 12.7. The average molecular weight is 403 g/mol. The first-order valence-corrected chi connectivity index (χ1v) is 10.7. The Morgan fingerprint density at radius 3 is 2.83 bits per heavy atom. The van der Waals surface area contributed by atoms with Crippen LogP contribution in [0.3, 0.4) is 0 Å². The highest BCUT2D eigenvalue weighted by Gasteiger charge is 2.15. The number of pyridine rings is 1. The van der Waals surface area contributed by atoms with E-state index < -0.39 is 0 Å². The molecule has 2 aromatic heterocycles. The third-order valence-electron chi connectivity index (χ3n) is 5.34. The van der Waals surface area contributed by atoms with E-state index in [1.807, 2.05) is 53.8 Å². The van der Waals surface area contributed by atoms with Crippen LogP contribution in [0.15, 0.2) is 71.7 Å². The first-order chi connectivity index (χ1) is 14.3. The van der Waals surface area contributed by atoms with Crippen molar-refractivity contribution in [1.29, 1.82) is 0 Å². The zero-order valence-corrected chi connectivity index (χ0v) is 16.9. The number of thiophene rings is 1. The molecule has 2 aromatic carbocycles. The van der Waals surface area contributed by atoms with Crippen molar-refractivity contribution in [3.05, 3.63) is 93.2 Å². The molecule has 0 fully saturated rings. The van der Waals surface area contributed by atoms with E-state index in [0.29, 0.717) is 12.4 Å². The van der Waals surface area contributed by atoms with Gasteiger partial charge in [-0.3, -0.25) is 9.36 Å². The molecule has 0 radical (unpaired) electrons. The van der Waals surface area contributed by atoms with Crippen molar-refractivity contribution < 1.29 is 4.74 Å². The molecule has 5 rings (SSSR count). The summed E-state index contributed by atoms with van der Waals surface area (Å²) in [6.07, 6.45) is 4.10. The molecule has 4 nitrogen and oxygen atoms in total. The summed E-state index contributed by atoms with van der Waals surface area (Å²) in [6.45, 7) is 2.46. The number of aromatic nitrogens is 1. The zero-order valence-electron chi connectivity index (χ0n) is 16.1. The van der Waals surface area contributed by atoms with Gasteiger partial charge in [-0.05, 0) is 54.1 Å². The quantitative estimate of drug-likeness (QED) is 0.540. The van der Waals surface area contributed by atoms with Crippen molar-refractivity contribution in [1.82, 2.24) is 9.88 Å². The molecule has 1 aliphatic rings. The highest BCUT2D eigenvalue weighted by Crippen LogP contribution is 2.34. The topological polar surface area (TPSA) is 43.3 Å². The van der Waals surface area contributed by atoms with Gasteiger partial charge in [0.05, 0.1) is 5.69 Å². The van der Waals surface area contributed by atoms with E-state index in [1.165, 1.54) is 26.9 Å². The molecule has 0 atom stereocenters. The van der Waals surface area contributed by atoms with Crippen LogP contribution in [0.1, 0.15) is 22.4 Å². The van der Waals surface area contributed by atoms with Crippen LogP contribution in [0.2, 0.25) is 0 Å². The third-order valence-corrected chi connectivity index (χ3v) is 6.59. The van der Waals surface area contributed by atoms with E-state index in [1.54, 1.807) is 16.8 Å². The van der Waals surface area contributed by atoms with Gasteiger partial charge in [-0.25, -0.2) is 0 Å². The summed E-state index contributed by atoms with van der Waals surface area (Å²) in [5.74, 6) is 0.588. The molecular formula is C24H22N2O2S. The second kappa shape index (κ2) is 7.85. The Morgan fingerprint density at radius 2 is 1.97 bits per heavy atom.